The third-order valence-corrected chi connectivity index (χ3v) is 7.40. The monoisotopic (exact) mass is 426 g/mol. The smallest absolute Gasteiger partial charge is 0.341 e. The number of ether oxygens (including phenoxy) is 1. The maximum absolute atomic E-state index is 12.7. The number of nitrogen functional groups attached to an aromatic ring is 1. The van der Waals surface area contributed by atoms with E-state index >= 15 is 0 Å². The van der Waals surface area contributed by atoms with E-state index < -0.39 is 5.25 Å². The van der Waals surface area contributed by atoms with Crippen LogP contribution in [0, 0.1) is 5.92 Å². The second-order valence-electron chi connectivity index (χ2n) is 6.43. The molecule has 3 rings (SSSR count). The lowest BCUT2D eigenvalue weighted by Crippen LogP contribution is -2.23. The second kappa shape index (κ2) is 8.57. The topological polar surface area (TPSA) is 107 Å². The van der Waals surface area contributed by atoms with Crippen LogP contribution < -0.4 is 11.1 Å². The number of thiophene rings is 1. The van der Waals surface area contributed by atoms with Crippen LogP contribution >= 0.6 is 34.4 Å². The van der Waals surface area contributed by atoms with Gasteiger partial charge in [0.2, 0.25) is 11.0 Å². The summed E-state index contributed by atoms with van der Waals surface area (Å²) < 4.78 is 5.88. The molecule has 2 atom stereocenters. The van der Waals surface area contributed by atoms with E-state index in [-0.39, 0.29) is 11.9 Å². The van der Waals surface area contributed by atoms with Crippen molar-refractivity contribution < 1.29 is 14.3 Å². The molecule has 27 heavy (non-hydrogen) atoms. The summed E-state index contributed by atoms with van der Waals surface area (Å²) >= 11 is 4.03. The zero-order chi connectivity index (χ0) is 19.6. The van der Waals surface area contributed by atoms with E-state index in [2.05, 4.69) is 22.4 Å². The Labute approximate surface area is 170 Å². The van der Waals surface area contributed by atoms with Crippen molar-refractivity contribution in [2.45, 2.75) is 49.6 Å². The highest BCUT2D eigenvalue weighted by Crippen LogP contribution is 2.40. The number of amides is 1. The number of aromatic nitrogens is 2. The van der Waals surface area contributed by atoms with Crippen LogP contribution in [0.4, 0.5) is 10.1 Å². The van der Waals surface area contributed by atoms with Crippen LogP contribution in [0.2, 0.25) is 0 Å². The first kappa shape index (κ1) is 20.1. The van der Waals surface area contributed by atoms with E-state index in [0.717, 1.165) is 24.8 Å². The molecule has 0 saturated carbocycles. The molecule has 0 fully saturated rings. The minimum absolute atomic E-state index is 0.189. The molecule has 3 N–H and O–H groups in total. The highest BCUT2D eigenvalue weighted by Gasteiger charge is 2.30. The quantitative estimate of drug-likeness (QED) is 0.537. The normalized spacial score (nSPS) is 17.2. The van der Waals surface area contributed by atoms with Gasteiger partial charge in [0.1, 0.15) is 5.00 Å². The third-order valence-electron chi connectivity index (χ3n) is 4.30. The van der Waals surface area contributed by atoms with E-state index in [9.17, 15) is 9.59 Å². The summed E-state index contributed by atoms with van der Waals surface area (Å²) in [6.45, 7) is 6.08. The number of carbonyl (C=O) groups excluding carboxylic acids is 2. The van der Waals surface area contributed by atoms with Crippen LogP contribution in [-0.2, 0) is 22.4 Å². The predicted octanol–water partition coefficient (Wildman–Crippen LogP) is 3.60. The molecular weight excluding hydrogens is 404 g/mol. The van der Waals surface area contributed by atoms with Crippen LogP contribution in [0.3, 0.4) is 0 Å². The molecule has 10 heteroatoms. The molecule has 2 aromatic rings. The van der Waals surface area contributed by atoms with Crippen molar-refractivity contribution in [3.05, 3.63) is 16.0 Å². The Morgan fingerprint density at radius 3 is 2.85 bits per heavy atom. The number of nitrogens with one attached hydrogen (secondary N) is 1. The number of esters is 1. The SMILES string of the molecule is CCOC(=O)c1c(NC(=O)[C@H](C)Sc2nnc(N)s2)sc2c1CC[C@@H](C)C2. The number of rotatable bonds is 6. The fourth-order valence-electron chi connectivity index (χ4n) is 2.94. The van der Waals surface area contributed by atoms with E-state index in [1.165, 1.54) is 39.3 Å². The Bertz CT molecular complexity index is 849. The molecule has 0 radical (unpaired) electrons. The first-order valence-corrected chi connectivity index (χ1v) is 11.3. The summed E-state index contributed by atoms with van der Waals surface area (Å²) in [5, 5.41) is 11.2. The summed E-state index contributed by atoms with van der Waals surface area (Å²) in [5.74, 6) is 0.0232. The average Bonchev–Trinajstić information content (AvgIpc) is 3.17. The van der Waals surface area contributed by atoms with Gasteiger partial charge in [-0.25, -0.2) is 4.79 Å². The van der Waals surface area contributed by atoms with Crippen LogP contribution in [-0.4, -0.2) is 33.9 Å². The molecule has 0 saturated heterocycles. The first-order chi connectivity index (χ1) is 12.9. The molecule has 0 bridgehead atoms. The first-order valence-electron chi connectivity index (χ1n) is 8.77. The lowest BCUT2D eigenvalue weighted by Gasteiger charge is -2.18. The lowest BCUT2D eigenvalue weighted by molar-refractivity contribution is -0.115. The van der Waals surface area contributed by atoms with Crippen LogP contribution in [0.25, 0.3) is 0 Å². The van der Waals surface area contributed by atoms with Crippen LogP contribution in [0.1, 0.15) is 48.0 Å². The molecule has 1 aliphatic carbocycles. The van der Waals surface area contributed by atoms with Crippen LogP contribution in [0.15, 0.2) is 4.34 Å². The van der Waals surface area contributed by atoms with Crippen molar-refractivity contribution in [3.63, 3.8) is 0 Å². The van der Waals surface area contributed by atoms with E-state index in [1.807, 2.05) is 0 Å². The maximum Gasteiger partial charge on any atom is 0.341 e. The van der Waals surface area contributed by atoms with Crippen molar-refractivity contribution >= 4 is 56.4 Å². The molecule has 2 aromatic heterocycles. The summed E-state index contributed by atoms with van der Waals surface area (Å²) in [4.78, 5) is 26.4. The van der Waals surface area contributed by atoms with Crippen molar-refractivity contribution in [1.29, 1.82) is 0 Å². The number of hydrogen-bond acceptors (Lipinski definition) is 9. The van der Waals surface area contributed by atoms with Gasteiger partial charge in [-0.2, -0.15) is 0 Å². The number of fused-ring (bicyclic) bond motifs is 1. The Balaban J connectivity index is 1.80. The van der Waals surface area contributed by atoms with Gasteiger partial charge in [-0.05, 0) is 44.6 Å². The van der Waals surface area contributed by atoms with Gasteiger partial charge in [0, 0.05) is 4.88 Å². The summed E-state index contributed by atoms with van der Waals surface area (Å²) in [6, 6.07) is 0. The van der Waals surface area contributed by atoms with Crippen molar-refractivity contribution in [3.8, 4) is 0 Å². The Kier molecular flexibility index (Phi) is 6.38. The molecule has 0 unspecified atom stereocenters. The fraction of sp³-hybridized carbons (Fsp3) is 0.529. The van der Waals surface area contributed by atoms with E-state index in [4.69, 9.17) is 10.5 Å². The zero-order valence-corrected chi connectivity index (χ0v) is 17.9. The number of hydrogen-bond donors (Lipinski definition) is 2. The van der Waals surface area contributed by atoms with Gasteiger partial charge >= 0.3 is 5.97 Å². The summed E-state index contributed by atoms with van der Waals surface area (Å²) in [6.07, 6.45) is 2.80. The third kappa shape index (κ3) is 4.61. The van der Waals surface area contributed by atoms with E-state index in [1.54, 1.807) is 13.8 Å². The minimum Gasteiger partial charge on any atom is -0.462 e. The summed E-state index contributed by atoms with van der Waals surface area (Å²) in [5.41, 5.74) is 7.14. The van der Waals surface area contributed by atoms with Crippen molar-refractivity contribution in [2.24, 2.45) is 5.92 Å². The van der Waals surface area contributed by atoms with Crippen LogP contribution in [0.5, 0.6) is 0 Å². The molecule has 0 aromatic carbocycles. The molecule has 146 valence electrons. The van der Waals surface area contributed by atoms with Gasteiger partial charge in [-0.3, -0.25) is 4.79 Å². The Morgan fingerprint density at radius 2 is 2.19 bits per heavy atom. The largest absolute Gasteiger partial charge is 0.462 e. The second-order valence-corrected chi connectivity index (χ2v) is 10.1. The van der Waals surface area contributed by atoms with Gasteiger partial charge in [0.15, 0.2) is 4.34 Å². The number of nitrogens with two attached hydrogens (primary N) is 1. The molecule has 1 aliphatic rings. The number of nitrogens with zero attached hydrogens (tertiary/aromatic N) is 2. The van der Waals surface area contributed by atoms with Gasteiger partial charge in [0.25, 0.3) is 0 Å². The fourth-order valence-corrected chi connectivity index (χ4v) is 6.13. The summed E-state index contributed by atoms with van der Waals surface area (Å²) in [7, 11) is 0. The van der Waals surface area contributed by atoms with Gasteiger partial charge in [0.05, 0.1) is 17.4 Å². The highest BCUT2D eigenvalue weighted by molar-refractivity contribution is 8.02. The van der Waals surface area contributed by atoms with Crippen molar-refractivity contribution in [1.82, 2.24) is 10.2 Å². The Hall–Kier alpha value is -1.65. The maximum atomic E-state index is 12.7. The number of carbonyl (C=O) groups is 2. The van der Waals surface area contributed by atoms with Crippen molar-refractivity contribution in [2.75, 3.05) is 17.7 Å². The molecule has 1 amide bonds. The minimum atomic E-state index is -0.398. The molecular formula is C17H22N4O3S3. The van der Waals surface area contributed by atoms with Gasteiger partial charge < -0.3 is 15.8 Å². The molecule has 7 nitrogen and oxygen atoms in total. The molecule has 2 heterocycles. The predicted molar refractivity (Wildman–Crippen MR) is 110 cm³/mol. The zero-order valence-electron chi connectivity index (χ0n) is 15.4. The number of thioether (sulfide) groups is 1. The molecule has 0 spiro atoms. The van der Waals surface area contributed by atoms with Gasteiger partial charge in [-0.15, -0.1) is 21.5 Å². The lowest BCUT2D eigenvalue weighted by atomic mass is 9.88. The molecule has 0 aliphatic heterocycles. The Morgan fingerprint density at radius 1 is 1.41 bits per heavy atom. The van der Waals surface area contributed by atoms with E-state index in [0.29, 0.717) is 32.6 Å². The standard InChI is InChI=1S/C17H22N4O3S3/c1-4-24-15(23)12-10-6-5-8(2)7-11(10)26-14(12)19-13(22)9(3)25-17-21-20-16(18)27-17/h8-9H,4-7H2,1-3H3,(H2,18,20)(H,19,22)/t8-,9+/m1/s1. The van der Waals surface area contributed by atoms with Gasteiger partial charge in [-0.1, -0.05) is 30.0 Å². The highest BCUT2D eigenvalue weighted by atomic mass is 32.2. The average molecular weight is 427 g/mol. The number of anilines is 2.